The molecule has 1 aliphatic heterocycles. The Morgan fingerprint density at radius 3 is 2.95 bits per heavy atom. The van der Waals surface area contributed by atoms with Crippen LogP contribution in [0, 0.1) is 5.92 Å². The van der Waals surface area contributed by atoms with Crippen molar-refractivity contribution in [1.29, 1.82) is 0 Å². The molecule has 3 N–H and O–H groups in total. The van der Waals surface area contributed by atoms with Crippen LogP contribution in [0.2, 0.25) is 0 Å². The number of nitrogens with two attached hydrogens (primary N) is 1. The van der Waals surface area contributed by atoms with Crippen molar-refractivity contribution in [3.63, 3.8) is 0 Å². The molecule has 6 heteroatoms. The summed E-state index contributed by atoms with van der Waals surface area (Å²) in [6.45, 7) is 5.36. The van der Waals surface area contributed by atoms with Gasteiger partial charge in [-0.2, -0.15) is 0 Å². The van der Waals surface area contributed by atoms with Gasteiger partial charge in [0.05, 0.1) is 24.0 Å². The first-order chi connectivity index (χ1) is 9.19. The lowest BCUT2D eigenvalue weighted by Gasteiger charge is -2.14. The predicted octanol–water partition coefficient (Wildman–Crippen LogP) is 0.606. The molecular weight excluding hydrogens is 242 g/mol. The number of carbonyl (C=O) groups excluding carboxylic acids is 1. The Bertz CT molecular complexity index is 420. The van der Waals surface area contributed by atoms with E-state index in [1.807, 2.05) is 0 Å². The molecule has 1 atom stereocenters. The zero-order valence-electron chi connectivity index (χ0n) is 11.3. The van der Waals surface area contributed by atoms with Crippen LogP contribution in [0.3, 0.4) is 0 Å². The summed E-state index contributed by atoms with van der Waals surface area (Å²) in [7, 11) is 0. The van der Waals surface area contributed by atoms with E-state index >= 15 is 0 Å². The molecule has 0 spiro atoms. The normalized spacial score (nSPS) is 19.5. The number of aromatic nitrogens is 2. The van der Waals surface area contributed by atoms with Crippen molar-refractivity contribution in [3.05, 3.63) is 18.1 Å². The third kappa shape index (κ3) is 3.89. The van der Waals surface area contributed by atoms with Crippen molar-refractivity contribution < 1.29 is 4.79 Å². The van der Waals surface area contributed by atoms with Crippen LogP contribution in [-0.4, -0.2) is 40.4 Å². The molecule has 0 radical (unpaired) electrons. The lowest BCUT2D eigenvalue weighted by Crippen LogP contribution is -2.27. The van der Waals surface area contributed by atoms with E-state index in [0.717, 1.165) is 50.5 Å². The summed E-state index contributed by atoms with van der Waals surface area (Å²) >= 11 is 0. The third-order valence-electron chi connectivity index (χ3n) is 3.32. The minimum atomic E-state index is -0.201. The Kier molecular flexibility index (Phi) is 4.68. The molecule has 2 rings (SSSR count). The molecule has 0 aliphatic carbocycles. The number of amides is 1. The van der Waals surface area contributed by atoms with Crippen LogP contribution in [-0.2, 0) is 11.3 Å². The highest BCUT2D eigenvalue weighted by molar-refractivity contribution is 5.77. The summed E-state index contributed by atoms with van der Waals surface area (Å²) in [6, 6.07) is 0. The highest BCUT2D eigenvalue weighted by atomic mass is 16.1. The molecule has 0 bridgehead atoms. The fourth-order valence-corrected chi connectivity index (χ4v) is 2.22. The number of anilines is 1. The molecule has 1 aromatic rings. The van der Waals surface area contributed by atoms with Crippen LogP contribution in [0.1, 0.15) is 25.5 Å². The van der Waals surface area contributed by atoms with E-state index in [2.05, 4.69) is 27.1 Å². The molecule has 1 aliphatic rings. The largest absolute Gasteiger partial charge is 0.369 e. The Morgan fingerprint density at radius 2 is 2.37 bits per heavy atom. The highest BCUT2D eigenvalue weighted by Gasteiger charge is 2.26. The zero-order valence-corrected chi connectivity index (χ0v) is 11.3. The quantitative estimate of drug-likeness (QED) is 0.785. The van der Waals surface area contributed by atoms with Crippen molar-refractivity contribution >= 4 is 11.7 Å². The molecule has 104 valence electrons. The van der Waals surface area contributed by atoms with Crippen LogP contribution < -0.4 is 11.1 Å². The van der Waals surface area contributed by atoms with Crippen LogP contribution in [0.4, 0.5) is 5.82 Å². The van der Waals surface area contributed by atoms with Gasteiger partial charge in [0.1, 0.15) is 5.82 Å². The Morgan fingerprint density at radius 1 is 1.53 bits per heavy atom. The average molecular weight is 263 g/mol. The summed E-state index contributed by atoms with van der Waals surface area (Å²) in [4.78, 5) is 22.0. The molecule has 2 heterocycles. The van der Waals surface area contributed by atoms with Crippen molar-refractivity contribution in [2.24, 2.45) is 11.7 Å². The lowest BCUT2D eigenvalue weighted by molar-refractivity contribution is -0.121. The van der Waals surface area contributed by atoms with E-state index < -0.39 is 0 Å². The van der Waals surface area contributed by atoms with Crippen molar-refractivity contribution in [2.75, 3.05) is 25.0 Å². The summed E-state index contributed by atoms with van der Waals surface area (Å²) < 4.78 is 0. The second-order valence-electron chi connectivity index (χ2n) is 4.94. The van der Waals surface area contributed by atoms with E-state index in [0.29, 0.717) is 0 Å². The van der Waals surface area contributed by atoms with Crippen LogP contribution in [0.5, 0.6) is 0 Å². The fraction of sp³-hybridized carbons (Fsp3) is 0.615. The zero-order chi connectivity index (χ0) is 13.7. The lowest BCUT2D eigenvalue weighted by atomic mass is 10.1. The monoisotopic (exact) mass is 263 g/mol. The second kappa shape index (κ2) is 6.47. The SMILES string of the molecule is CCCNc1cnc(CN2CCC(C(N)=O)C2)cn1. The van der Waals surface area contributed by atoms with Gasteiger partial charge in [-0.05, 0) is 19.4 Å². The first-order valence-corrected chi connectivity index (χ1v) is 6.75. The fourth-order valence-electron chi connectivity index (χ4n) is 2.22. The van der Waals surface area contributed by atoms with Crippen molar-refractivity contribution in [2.45, 2.75) is 26.3 Å². The molecule has 1 aromatic heterocycles. The van der Waals surface area contributed by atoms with Gasteiger partial charge in [-0.25, -0.2) is 4.98 Å². The van der Waals surface area contributed by atoms with Gasteiger partial charge in [0, 0.05) is 19.6 Å². The maximum Gasteiger partial charge on any atom is 0.221 e. The predicted molar refractivity (Wildman–Crippen MR) is 73.4 cm³/mol. The number of hydrogen-bond acceptors (Lipinski definition) is 5. The van der Waals surface area contributed by atoms with Gasteiger partial charge in [-0.1, -0.05) is 6.92 Å². The highest BCUT2D eigenvalue weighted by Crippen LogP contribution is 2.17. The Labute approximate surface area is 113 Å². The molecule has 0 saturated carbocycles. The number of carbonyl (C=O) groups is 1. The first-order valence-electron chi connectivity index (χ1n) is 6.75. The van der Waals surface area contributed by atoms with Crippen LogP contribution in [0.25, 0.3) is 0 Å². The topological polar surface area (TPSA) is 84.1 Å². The molecule has 1 amide bonds. The number of hydrogen-bond donors (Lipinski definition) is 2. The second-order valence-corrected chi connectivity index (χ2v) is 4.94. The smallest absolute Gasteiger partial charge is 0.221 e. The van der Waals surface area contributed by atoms with Crippen LogP contribution >= 0.6 is 0 Å². The molecule has 1 unspecified atom stereocenters. The summed E-state index contributed by atoms with van der Waals surface area (Å²) in [5.74, 6) is 0.591. The van der Waals surface area contributed by atoms with Gasteiger partial charge >= 0.3 is 0 Å². The summed E-state index contributed by atoms with van der Waals surface area (Å²) in [6.07, 6.45) is 5.45. The van der Waals surface area contributed by atoms with Gasteiger partial charge in [0.15, 0.2) is 0 Å². The van der Waals surface area contributed by atoms with Gasteiger partial charge in [0.2, 0.25) is 5.91 Å². The van der Waals surface area contributed by atoms with E-state index in [9.17, 15) is 4.79 Å². The number of rotatable bonds is 6. The third-order valence-corrected chi connectivity index (χ3v) is 3.32. The maximum atomic E-state index is 11.1. The minimum absolute atomic E-state index is 0.0153. The van der Waals surface area contributed by atoms with E-state index in [1.54, 1.807) is 12.4 Å². The van der Waals surface area contributed by atoms with Gasteiger partial charge in [0.25, 0.3) is 0 Å². The average Bonchev–Trinajstić information content (AvgIpc) is 2.87. The molecule has 19 heavy (non-hydrogen) atoms. The minimum Gasteiger partial charge on any atom is -0.369 e. The Hall–Kier alpha value is -1.69. The standard InChI is InChI=1S/C13H21N5O/c1-2-4-15-12-7-16-11(6-17-12)9-18-5-3-10(8-18)13(14)19/h6-7,10H,2-5,8-9H2,1H3,(H2,14,19)(H,15,17). The maximum absolute atomic E-state index is 11.1. The summed E-state index contributed by atoms with van der Waals surface area (Å²) in [5, 5.41) is 3.19. The van der Waals surface area contributed by atoms with E-state index in [1.165, 1.54) is 0 Å². The van der Waals surface area contributed by atoms with Crippen molar-refractivity contribution in [3.8, 4) is 0 Å². The first kappa shape index (κ1) is 13.7. The van der Waals surface area contributed by atoms with Gasteiger partial charge in [-0.3, -0.25) is 14.7 Å². The number of primary amides is 1. The Balaban J connectivity index is 1.85. The molecule has 0 aromatic carbocycles. The number of nitrogens with zero attached hydrogens (tertiary/aromatic N) is 3. The van der Waals surface area contributed by atoms with Crippen LogP contribution in [0.15, 0.2) is 12.4 Å². The van der Waals surface area contributed by atoms with Gasteiger partial charge in [-0.15, -0.1) is 0 Å². The van der Waals surface area contributed by atoms with E-state index in [4.69, 9.17) is 5.73 Å². The molecule has 6 nitrogen and oxygen atoms in total. The summed E-state index contributed by atoms with van der Waals surface area (Å²) in [5.41, 5.74) is 6.24. The van der Waals surface area contributed by atoms with Crippen molar-refractivity contribution in [1.82, 2.24) is 14.9 Å². The molecule has 1 fully saturated rings. The molecule has 1 saturated heterocycles. The van der Waals surface area contributed by atoms with E-state index in [-0.39, 0.29) is 11.8 Å². The molecular formula is C13H21N5O. The number of likely N-dealkylation sites (tertiary alicyclic amines) is 1. The van der Waals surface area contributed by atoms with Gasteiger partial charge < -0.3 is 11.1 Å². The number of nitrogens with one attached hydrogen (secondary N) is 1.